The van der Waals surface area contributed by atoms with Crippen LogP contribution in [0.4, 0.5) is 0 Å². The molecule has 0 saturated heterocycles. The minimum atomic E-state index is -0.207. The van der Waals surface area contributed by atoms with Gasteiger partial charge in [0, 0.05) is 18.2 Å². The van der Waals surface area contributed by atoms with Crippen LogP contribution in [0.3, 0.4) is 0 Å². The molecule has 0 bridgehead atoms. The summed E-state index contributed by atoms with van der Waals surface area (Å²) in [6.45, 7) is 0. The molecule has 1 aliphatic rings. The Labute approximate surface area is 81.6 Å². The van der Waals surface area contributed by atoms with Gasteiger partial charge in [-0.25, -0.2) is 0 Å². The Morgan fingerprint density at radius 2 is 2.50 bits per heavy atom. The molecular weight excluding hydrogens is 182 g/mol. The molecule has 1 saturated carbocycles. The van der Waals surface area contributed by atoms with E-state index >= 15 is 0 Å². The Kier molecular flexibility index (Phi) is 2.49. The quantitative estimate of drug-likeness (QED) is 0.710. The average Bonchev–Trinajstić information content (AvgIpc) is 2.77. The van der Waals surface area contributed by atoms with E-state index in [1.807, 2.05) is 0 Å². The van der Waals surface area contributed by atoms with Gasteiger partial charge in [0.15, 0.2) is 5.69 Å². The summed E-state index contributed by atoms with van der Waals surface area (Å²) in [4.78, 5) is 11.5. The van der Waals surface area contributed by atoms with Gasteiger partial charge in [-0.2, -0.15) is 0 Å². The summed E-state index contributed by atoms with van der Waals surface area (Å²) in [6.07, 6.45) is 4.38. The summed E-state index contributed by atoms with van der Waals surface area (Å²) >= 11 is 0. The highest BCUT2D eigenvalue weighted by Crippen LogP contribution is 2.17. The molecule has 0 spiro atoms. The van der Waals surface area contributed by atoms with Crippen LogP contribution in [0.25, 0.3) is 0 Å². The third-order valence-corrected chi connectivity index (χ3v) is 2.56. The fraction of sp³-hybridized carbons (Fsp3) is 0.556. The molecule has 0 aliphatic heterocycles. The second kappa shape index (κ2) is 3.79. The third-order valence-electron chi connectivity index (χ3n) is 2.56. The summed E-state index contributed by atoms with van der Waals surface area (Å²) in [7, 11) is 0. The highest BCUT2D eigenvalue weighted by atomic mass is 16.5. The maximum absolute atomic E-state index is 11.5. The molecule has 2 rings (SSSR count). The van der Waals surface area contributed by atoms with Crippen LogP contribution in [0.1, 0.15) is 29.8 Å². The van der Waals surface area contributed by atoms with Crippen molar-refractivity contribution in [2.24, 2.45) is 5.73 Å². The van der Waals surface area contributed by atoms with Crippen LogP contribution in [0.5, 0.6) is 0 Å². The van der Waals surface area contributed by atoms with Gasteiger partial charge in [-0.15, -0.1) is 0 Å². The van der Waals surface area contributed by atoms with E-state index in [9.17, 15) is 4.79 Å². The largest absolute Gasteiger partial charge is 0.364 e. The number of nitrogens with zero attached hydrogens (tertiary/aromatic N) is 1. The maximum atomic E-state index is 11.5. The minimum absolute atomic E-state index is 0.0749. The molecule has 0 aromatic carbocycles. The number of hydrogen-bond acceptors (Lipinski definition) is 4. The lowest BCUT2D eigenvalue weighted by Crippen LogP contribution is -2.44. The number of aromatic nitrogens is 1. The Bertz CT molecular complexity index is 310. The van der Waals surface area contributed by atoms with E-state index in [0.717, 1.165) is 19.3 Å². The molecule has 1 aliphatic carbocycles. The van der Waals surface area contributed by atoms with Crippen molar-refractivity contribution < 1.29 is 9.32 Å². The molecule has 1 heterocycles. The summed E-state index contributed by atoms with van der Waals surface area (Å²) < 4.78 is 4.58. The highest BCUT2D eigenvalue weighted by molar-refractivity contribution is 5.92. The smallest absolute Gasteiger partial charge is 0.273 e. The van der Waals surface area contributed by atoms with Crippen molar-refractivity contribution in [3.63, 3.8) is 0 Å². The normalized spacial score (nSPS) is 26.4. The fourth-order valence-corrected chi connectivity index (χ4v) is 1.74. The molecule has 5 nitrogen and oxygen atoms in total. The van der Waals surface area contributed by atoms with E-state index in [2.05, 4.69) is 15.0 Å². The van der Waals surface area contributed by atoms with Gasteiger partial charge in [-0.1, -0.05) is 5.16 Å². The molecule has 1 aromatic heterocycles. The second-order valence-electron chi connectivity index (χ2n) is 3.56. The summed E-state index contributed by atoms with van der Waals surface area (Å²) in [5.41, 5.74) is 6.13. The summed E-state index contributed by atoms with van der Waals surface area (Å²) in [5.74, 6) is -0.207. The van der Waals surface area contributed by atoms with Gasteiger partial charge in [-0.05, 0) is 19.3 Å². The van der Waals surface area contributed by atoms with Crippen molar-refractivity contribution in [3.05, 3.63) is 18.0 Å². The van der Waals surface area contributed by atoms with Gasteiger partial charge in [0.25, 0.3) is 5.91 Å². The molecule has 1 amide bonds. The van der Waals surface area contributed by atoms with Gasteiger partial charge in [0.2, 0.25) is 0 Å². The first-order valence-corrected chi connectivity index (χ1v) is 4.74. The number of carbonyl (C=O) groups excluding carboxylic acids is 1. The number of nitrogens with one attached hydrogen (secondary N) is 1. The van der Waals surface area contributed by atoms with E-state index < -0.39 is 0 Å². The molecule has 1 fully saturated rings. The summed E-state index contributed by atoms with van der Waals surface area (Å²) in [5, 5.41) is 6.40. The first-order chi connectivity index (χ1) is 6.77. The molecule has 1 aromatic rings. The highest BCUT2D eigenvalue weighted by Gasteiger charge is 2.26. The lowest BCUT2D eigenvalue weighted by atomic mass is 10.2. The molecule has 2 unspecified atom stereocenters. The standard InChI is InChI=1S/C9H13N3O2/c10-6-2-1-3-7(6)11-9(13)8-4-5-14-12-8/h4-7H,1-3,10H2,(H,11,13). The second-order valence-corrected chi connectivity index (χ2v) is 3.56. The lowest BCUT2D eigenvalue weighted by molar-refractivity contribution is 0.0925. The zero-order valence-corrected chi connectivity index (χ0v) is 7.77. The van der Waals surface area contributed by atoms with Crippen LogP contribution in [0.15, 0.2) is 16.9 Å². The third kappa shape index (κ3) is 1.77. The zero-order valence-electron chi connectivity index (χ0n) is 7.77. The van der Waals surface area contributed by atoms with Crippen LogP contribution >= 0.6 is 0 Å². The van der Waals surface area contributed by atoms with Gasteiger partial charge in [0.1, 0.15) is 6.26 Å². The molecular formula is C9H13N3O2. The Hall–Kier alpha value is -1.36. The van der Waals surface area contributed by atoms with Crippen LogP contribution in [-0.2, 0) is 0 Å². The maximum Gasteiger partial charge on any atom is 0.273 e. The van der Waals surface area contributed by atoms with Crippen molar-refractivity contribution >= 4 is 5.91 Å². The fourth-order valence-electron chi connectivity index (χ4n) is 1.74. The van der Waals surface area contributed by atoms with E-state index in [0.29, 0.717) is 5.69 Å². The lowest BCUT2D eigenvalue weighted by Gasteiger charge is -2.15. The van der Waals surface area contributed by atoms with Crippen molar-refractivity contribution in [2.75, 3.05) is 0 Å². The van der Waals surface area contributed by atoms with Crippen molar-refractivity contribution in [1.82, 2.24) is 10.5 Å². The van der Waals surface area contributed by atoms with Crippen molar-refractivity contribution in [1.29, 1.82) is 0 Å². The molecule has 5 heteroatoms. The van der Waals surface area contributed by atoms with Crippen LogP contribution in [-0.4, -0.2) is 23.1 Å². The molecule has 14 heavy (non-hydrogen) atoms. The molecule has 3 N–H and O–H groups in total. The van der Waals surface area contributed by atoms with E-state index in [4.69, 9.17) is 5.73 Å². The Balaban J connectivity index is 1.95. The SMILES string of the molecule is NC1CCCC1NC(=O)c1ccon1. The van der Waals surface area contributed by atoms with E-state index in [1.165, 1.54) is 12.3 Å². The first kappa shape index (κ1) is 9.21. The van der Waals surface area contributed by atoms with Crippen molar-refractivity contribution in [3.8, 4) is 0 Å². The van der Waals surface area contributed by atoms with Gasteiger partial charge in [-0.3, -0.25) is 4.79 Å². The number of amides is 1. The Morgan fingerprint density at radius 1 is 1.64 bits per heavy atom. The summed E-state index contributed by atoms with van der Waals surface area (Å²) in [6, 6.07) is 1.69. The van der Waals surface area contributed by atoms with E-state index in [1.54, 1.807) is 0 Å². The number of carbonyl (C=O) groups is 1. The van der Waals surface area contributed by atoms with Crippen LogP contribution in [0.2, 0.25) is 0 Å². The minimum Gasteiger partial charge on any atom is -0.364 e. The van der Waals surface area contributed by atoms with Gasteiger partial charge in [0.05, 0.1) is 0 Å². The van der Waals surface area contributed by atoms with Gasteiger partial charge < -0.3 is 15.6 Å². The average molecular weight is 195 g/mol. The Morgan fingerprint density at radius 3 is 3.07 bits per heavy atom. The number of nitrogens with two attached hydrogens (primary N) is 1. The van der Waals surface area contributed by atoms with E-state index in [-0.39, 0.29) is 18.0 Å². The monoisotopic (exact) mass is 195 g/mol. The zero-order chi connectivity index (χ0) is 9.97. The number of rotatable bonds is 2. The molecule has 2 atom stereocenters. The van der Waals surface area contributed by atoms with Gasteiger partial charge >= 0.3 is 0 Å². The molecule has 0 radical (unpaired) electrons. The first-order valence-electron chi connectivity index (χ1n) is 4.74. The predicted molar refractivity (Wildman–Crippen MR) is 49.6 cm³/mol. The topological polar surface area (TPSA) is 81.1 Å². The van der Waals surface area contributed by atoms with Crippen LogP contribution in [0, 0.1) is 0 Å². The number of hydrogen-bond donors (Lipinski definition) is 2. The predicted octanol–water partition coefficient (Wildman–Crippen LogP) is 0.284. The van der Waals surface area contributed by atoms with Crippen LogP contribution < -0.4 is 11.1 Å². The van der Waals surface area contributed by atoms with Crippen molar-refractivity contribution in [2.45, 2.75) is 31.3 Å². The molecule has 76 valence electrons.